The molecular weight excluding hydrogens is 224 g/mol. The van der Waals surface area contributed by atoms with E-state index in [2.05, 4.69) is 10.3 Å². The Morgan fingerprint density at radius 2 is 2.07 bits per heavy atom. The van der Waals surface area contributed by atoms with Crippen LogP contribution in [0.5, 0.6) is 0 Å². The first-order valence-corrected chi connectivity index (χ1v) is 6.37. The summed E-state index contributed by atoms with van der Waals surface area (Å²) in [6.07, 6.45) is 3.07. The predicted molar refractivity (Wildman–Crippen MR) is 55.9 cm³/mol. The summed E-state index contributed by atoms with van der Waals surface area (Å²) in [5.41, 5.74) is 0. The summed E-state index contributed by atoms with van der Waals surface area (Å²) in [5.74, 6) is 0.0845. The summed E-state index contributed by atoms with van der Waals surface area (Å²) in [4.78, 5) is 4.05. The van der Waals surface area contributed by atoms with E-state index < -0.39 is 9.84 Å². The van der Waals surface area contributed by atoms with Gasteiger partial charge in [-0.05, 0) is 43.5 Å². The van der Waals surface area contributed by atoms with Crippen LogP contribution in [0, 0.1) is 5.92 Å². The lowest BCUT2D eigenvalue weighted by Gasteiger charge is -2.22. The Bertz CT molecular complexity index is 394. The highest BCUT2D eigenvalue weighted by atomic mass is 35.5. The van der Waals surface area contributed by atoms with Crippen LogP contribution in [0.1, 0.15) is 12.8 Å². The Kier molecular flexibility index (Phi) is 2.64. The molecule has 0 aromatic carbocycles. The maximum Gasteiger partial charge on any atom is 0.232 e. The number of piperidine rings is 1. The lowest BCUT2D eigenvalue weighted by atomic mass is 9.98. The van der Waals surface area contributed by atoms with Crippen LogP contribution < -0.4 is 5.32 Å². The molecule has 1 saturated heterocycles. The Balaban J connectivity index is 2.22. The van der Waals surface area contributed by atoms with E-state index in [4.69, 9.17) is 11.6 Å². The lowest BCUT2D eigenvalue weighted by molar-refractivity contribution is 0.428. The third-order valence-electron chi connectivity index (χ3n) is 2.57. The number of aliphatic imine (C=N–C) groups is 1. The van der Waals surface area contributed by atoms with Crippen molar-refractivity contribution in [1.29, 1.82) is 0 Å². The second-order valence-corrected chi connectivity index (χ2v) is 5.89. The lowest BCUT2D eigenvalue weighted by Crippen LogP contribution is -2.30. The molecule has 2 aliphatic rings. The normalized spacial score (nSPS) is 27.2. The third kappa shape index (κ3) is 1.60. The minimum Gasteiger partial charge on any atom is -0.317 e. The van der Waals surface area contributed by atoms with E-state index in [0.717, 1.165) is 25.9 Å². The van der Waals surface area contributed by atoms with Gasteiger partial charge in [0.2, 0.25) is 14.3 Å². The minimum atomic E-state index is -3.42. The van der Waals surface area contributed by atoms with E-state index >= 15 is 0 Å². The van der Waals surface area contributed by atoms with Crippen LogP contribution in [0.4, 0.5) is 0 Å². The number of halogens is 1. The average Bonchev–Trinajstić information content (AvgIpc) is 2.44. The van der Waals surface area contributed by atoms with E-state index in [-0.39, 0.29) is 10.4 Å². The number of nitrogens with one attached hydrogen (secondary N) is 1. The van der Waals surface area contributed by atoms with Gasteiger partial charge in [-0.15, -0.1) is 0 Å². The SMILES string of the molecule is O=S1(=O)C(C2CCNCC2)=CN=C1Cl. The van der Waals surface area contributed by atoms with Crippen molar-refractivity contribution in [2.24, 2.45) is 10.9 Å². The molecule has 2 aliphatic heterocycles. The molecule has 1 N–H and O–H groups in total. The van der Waals surface area contributed by atoms with Crippen molar-refractivity contribution in [3.05, 3.63) is 11.1 Å². The van der Waals surface area contributed by atoms with Crippen molar-refractivity contribution < 1.29 is 8.42 Å². The van der Waals surface area contributed by atoms with E-state index in [0.29, 0.717) is 4.91 Å². The fourth-order valence-electron chi connectivity index (χ4n) is 1.78. The standard InChI is InChI=1S/C8H11ClN2O2S/c9-8-11-5-7(14(8,12)13)6-1-3-10-4-2-6/h5-6,10H,1-4H2. The molecular formula is C8H11ClN2O2S. The predicted octanol–water partition coefficient (Wildman–Crippen LogP) is 0.851. The molecule has 4 nitrogen and oxygen atoms in total. The average molecular weight is 235 g/mol. The van der Waals surface area contributed by atoms with Gasteiger partial charge in [0.15, 0.2) is 0 Å². The van der Waals surface area contributed by atoms with Crippen LogP contribution >= 0.6 is 11.6 Å². The molecule has 0 aromatic heterocycles. The maximum atomic E-state index is 11.6. The molecule has 0 bridgehead atoms. The Morgan fingerprint density at radius 1 is 1.43 bits per heavy atom. The van der Waals surface area contributed by atoms with Gasteiger partial charge in [0.1, 0.15) is 0 Å². The van der Waals surface area contributed by atoms with Gasteiger partial charge in [0.05, 0.1) is 4.91 Å². The molecule has 0 saturated carbocycles. The largest absolute Gasteiger partial charge is 0.317 e. The molecule has 78 valence electrons. The zero-order chi connectivity index (χ0) is 10.2. The zero-order valence-electron chi connectivity index (χ0n) is 7.53. The van der Waals surface area contributed by atoms with Crippen molar-refractivity contribution in [3.63, 3.8) is 0 Å². The topological polar surface area (TPSA) is 58.5 Å². The molecule has 0 aromatic rings. The van der Waals surface area contributed by atoms with E-state index in [1.807, 2.05) is 0 Å². The molecule has 0 aliphatic carbocycles. The van der Waals surface area contributed by atoms with Gasteiger partial charge in [-0.2, -0.15) is 0 Å². The second kappa shape index (κ2) is 3.64. The summed E-state index contributed by atoms with van der Waals surface area (Å²) >= 11 is 5.51. The van der Waals surface area contributed by atoms with Gasteiger partial charge >= 0.3 is 0 Å². The molecule has 6 heteroatoms. The number of sulfone groups is 1. The quantitative estimate of drug-likeness (QED) is 0.732. The first kappa shape index (κ1) is 10.1. The molecule has 1 fully saturated rings. The molecule has 0 spiro atoms. The Hall–Kier alpha value is -0.390. The molecule has 2 rings (SSSR count). The summed E-state index contributed by atoms with van der Waals surface area (Å²) in [6.45, 7) is 1.71. The fraction of sp³-hybridized carbons (Fsp3) is 0.625. The van der Waals surface area contributed by atoms with Crippen LogP contribution in [0.3, 0.4) is 0 Å². The van der Waals surface area contributed by atoms with E-state index in [1.165, 1.54) is 6.20 Å². The number of hydrogen-bond acceptors (Lipinski definition) is 4. The number of rotatable bonds is 1. The molecule has 0 radical (unpaired) electrons. The first-order valence-electron chi connectivity index (χ1n) is 4.51. The third-order valence-corrected chi connectivity index (χ3v) is 4.88. The molecule has 0 unspecified atom stereocenters. The highest BCUT2D eigenvalue weighted by Crippen LogP contribution is 2.31. The van der Waals surface area contributed by atoms with Gasteiger partial charge in [-0.25, -0.2) is 13.4 Å². The highest BCUT2D eigenvalue weighted by molar-refractivity contribution is 8.12. The molecule has 0 atom stereocenters. The van der Waals surface area contributed by atoms with Crippen LogP contribution in [-0.4, -0.2) is 26.0 Å². The van der Waals surface area contributed by atoms with Gasteiger partial charge in [0.25, 0.3) is 0 Å². The summed E-state index contributed by atoms with van der Waals surface area (Å²) in [6, 6.07) is 0. The van der Waals surface area contributed by atoms with Crippen LogP contribution in [-0.2, 0) is 9.84 Å². The van der Waals surface area contributed by atoms with Crippen molar-refractivity contribution in [3.8, 4) is 0 Å². The summed E-state index contributed by atoms with van der Waals surface area (Å²) < 4.78 is 23.0. The Labute approximate surface area is 88.0 Å². The minimum absolute atomic E-state index is 0.0845. The van der Waals surface area contributed by atoms with Gasteiger partial charge < -0.3 is 5.32 Å². The first-order chi connectivity index (χ1) is 6.62. The zero-order valence-corrected chi connectivity index (χ0v) is 9.11. The molecule has 2 heterocycles. The van der Waals surface area contributed by atoms with E-state index in [9.17, 15) is 8.42 Å². The molecule has 14 heavy (non-hydrogen) atoms. The number of hydrogen-bond donors (Lipinski definition) is 1. The van der Waals surface area contributed by atoms with Gasteiger partial charge in [0, 0.05) is 6.20 Å². The molecule has 0 amide bonds. The summed E-state index contributed by atoms with van der Waals surface area (Å²) in [7, 11) is -3.42. The number of nitrogens with zero attached hydrogens (tertiary/aromatic N) is 1. The smallest absolute Gasteiger partial charge is 0.232 e. The van der Waals surface area contributed by atoms with E-state index in [1.54, 1.807) is 0 Å². The maximum absolute atomic E-state index is 11.6. The fourth-order valence-corrected chi connectivity index (χ4v) is 3.35. The second-order valence-electron chi connectivity index (χ2n) is 3.44. The number of allylic oxidation sites excluding steroid dienone is 1. The highest BCUT2D eigenvalue weighted by Gasteiger charge is 2.34. The van der Waals surface area contributed by atoms with Crippen molar-refractivity contribution >= 4 is 25.9 Å². The van der Waals surface area contributed by atoms with Crippen molar-refractivity contribution in [2.45, 2.75) is 12.8 Å². The monoisotopic (exact) mass is 234 g/mol. The van der Waals surface area contributed by atoms with Gasteiger partial charge in [-0.1, -0.05) is 0 Å². The van der Waals surface area contributed by atoms with Crippen LogP contribution in [0.25, 0.3) is 0 Å². The Morgan fingerprint density at radius 3 is 2.57 bits per heavy atom. The summed E-state index contributed by atoms with van der Waals surface area (Å²) in [5, 5.41) is 3.18. The van der Waals surface area contributed by atoms with Crippen LogP contribution in [0.15, 0.2) is 16.1 Å². The van der Waals surface area contributed by atoms with Crippen molar-refractivity contribution in [2.75, 3.05) is 13.1 Å². The van der Waals surface area contributed by atoms with Crippen LogP contribution in [0.2, 0.25) is 0 Å². The van der Waals surface area contributed by atoms with Crippen molar-refractivity contribution in [1.82, 2.24) is 5.32 Å². The van der Waals surface area contributed by atoms with Gasteiger partial charge in [-0.3, -0.25) is 0 Å².